The van der Waals surface area contributed by atoms with Gasteiger partial charge in [-0.3, -0.25) is 4.79 Å². The molecule has 0 radical (unpaired) electrons. The van der Waals surface area contributed by atoms with Crippen LogP contribution in [0.5, 0.6) is 17.2 Å². The minimum absolute atomic E-state index is 0.198. The van der Waals surface area contributed by atoms with E-state index >= 15 is 0 Å². The highest BCUT2D eigenvalue weighted by molar-refractivity contribution is 7.21. The number of nitrogens with two attached hydrogens (primary N) is 1. The van der Waals surface area contributed by atoms with Crippen molar-refractivity contribution in [3.63, 3.8) is 0 Å². The lowest BCUT2D eigenvalue weighted by Gasteiger charge is -2.09. The third-order valence-corrected chi connectivity index (χ3v) is 6.45. The normalized spacial score (nSPS) is 10.8. The van der Waals surface area contributed by atoms with Gasteiger partial charge in [0, 0.05) is 17.5 Å². The summed E-state index contributed by atoms with van der Waals surface area (Å²) in [6.45, 7) is 0.503. The molecule has 0 atom stereocenters. The molecule has 7 nitrogen and oxygen atoms in total. The summed E-state index contributed by atoms with van der Waals surface area (Å²) in [5.74, 6) is 1.88. The number of fused-ring (bicyclic) bond motifs is 1. The molecule has 0 fully saturated rings. The Morgan fingerprint density at radius 1 is 0.970 bits per heavy atom. The molecule has 1 amide bonds. The molecule has 3 N–H and O–H groups in total. The molecule has 0 aliphatic rings. The third-order valence-electron chi connectivity index (χ3n) is 5.34. The number of aromatic nitrogens is 1. The van der Waals surface area contributed by atoms with E-state index in [0.717, 1.165) is 28.0 Å². The van der Waals surface area contributed by atoms with E-state index in [1.807, 2.05) is 54.6 Å². The van der Waals surface area contributed by atoms with Crippen LogP contribution in [0.3, 0.4) is 0 Å². The largest absolute Gasteiger partial charge is 0.497 e. The van der Waals surface area contributed by atoms with Crippen molar-refractivity contribution in [1.29, 1.82) is 0 Å². The van der Waals surface area contributed by atoms with Gasteiger partial charge in [0.2, 0.25) is 0 Å². The Bertz CT molecular complexity index is 1290. The molecule has 0 spiro atoms. The highest BCUT2D eigenvalue weighted by Gasteiger charge is 2.18. The summed E-state index contributed by atoms with van der Waals surface area (Å²) in [7, 11) is 4.83. The van der Waals surface area contributed by atoms with Crippen LogP contribution in [0.15, 0.2) is 54.6 Å². The first-order valence-electron chi connectivity index (χ1n) is 10.4. The maximum Gasteiger partial charge on any atom is 0.263 e. The molecule has 0 saturated heterocycles. The lowest BCUT2D eigenvalue weighted by Crippen LogP contribution is -2.25. The van der Waals surface area contributed by atoms with Gasteiger partial charge in [-0.05, 0) is 54.4 Å². The standard InChI is InChI=1S/C25H25N3O4S/c1-30-17-7-4-15(5-8-17)12-13-27-24(29)23-22(26)18-9-10-19(28-25(18)33-23)16-6-11-20(31-2)21(14-16)32-3/h4-11,14H,12-13,26H2,1-3H3,(H,27,29). The molecular weight excluding hydrogens is 438 g/mol. The fraction of sp³-hybridized carbons (Fsp3) is 0.200. The number of carbonyl (C=O) groups excluding carboxylic acids is 1. The number of benzene rings is 2. The topological polar surface area (TPSA) is 95.7 Å². The second-order valence-corrected chi connectivity index (χ2v) is 8.32. The second kappa shape index (κ2) is 9.79. The molecule has 2 heterocycles. The van der Waals surface area contributed by atoms with E-state index in [2.05, 4.69) is 5.32 Å². The van der Waals surface area contributed by atoms with E-state index in [1.165, 1.54) is 11.3 Å². The van der Waals surface area contributed by atoms with Crippen molar-refractivity contribution in [3.05, 3.63) is 65.0 Å². The highest BCUT2D eigenvalue weighted by atomic mass is 32.1. The number of anilines is 1. The SMILES string of the molecule is COc1ccc(CCNC(=O)c2sc3nc(-c4ccc(OC)c(OC)c4)ccc3c2N)cc1. The Kier molecular flexibility index (Phi) is 6.65. The highest BCUT2D eigenvalue weighted by Crippen LogP contribution is 2.36. The van der Waals surface area contributed by atoms with E-state index in [1.54, 1.807) is 21.3 Å². The van der Waals surface area contributed by atoms with Crippen molar-refractivity contribution in [2.75, 3.05) is 33.6 Å². The molecule has 4 aromatic rings. The zero-order chi connectivity index (χ0) is 23.4. The molecule has 8 heteroatoms. The fourth-order valence-electron chi connectivity index (χ4n) is 3.52. The van der Waals surface area contributed by atoms with Gasteiger partial charge in [-0.1, -0.05) is 12.1 Å². The third kappa shape index (κ3) is 4.70. The van der Waals surface area contributed by atoms with Gasteiger partial charge >= 0.3 is 0 Å². The summed E-state index contributed by atoms with van der Waals surface area (Å²) in [4.78, 5) is 18.7. The molecule has 4 rings (SSSR count). The first-order valence-corrected chi connectivity index (χ1v) is 11.2. The van der Waals surface area contributed by atoms with Gasteiger partial charge in [-0.15, -0.1) is 11.3 Å². The van der Waals surface area contributed by atoms with Gasteiger partial charge in [0.15, 0.2) is 11.5 Å². The smallest absolute Gasteiger partial charge is 0.263 e. The quantitative estimate of drug-likeness (QED) is 0.398. The van der Waals surface area contributed by atoms with Crippen LogP contribution in [0, 0.1) is 0 Å². The second-order valence-electron chi connectivity index (χ2n) is 7.32. The number of hydrogen-bond donors (Lipinski definition) is 2. The maximum atomic E-state index is 12.8. The van der Waals surface area contributed by atoms with Gasteiger partial charge in [0.25, 0.3) is 5.91 Å². The maximum absolute atomic E-state index is 12.8. The number of thiophene rings is 1. The van der Waals surface area contributed by atoms with E-state index < -0.39 is 0 Å². The van der Waals surface area contributed by atoms with Crippen molar-refractivity contribution in [2.24, 2.45) is 0 Å². The number of rotatable bonds is 8. The first-order chi connectivity index (χ1) is 16.0. The van der Waals surface area contributed by atoms with Crippen LogP contribution in [0.25, 0.3) is 21.5 Å². The van der Waals surface area contributed by atoms with Crippen LogP contribution in [0.1, 0.15) is 15.2 Å². The summed E-state index contributed by atoms with van der Waals surface area (Å²) < 4.78 is 15.9. The molecule has 0 aliphatic heterocycles. The van der Waals surface area contributed by atoms with Crippen LogP contribution in [0.4, 0.5) is 5.69 Å². The molecule has 0 unspecified atom stereocenters. The lowest BCUT2D eigenvalue weighted by molar-refractivity contribution is 0.0959. The Hall–Kier alpha value is -3.78. The predicted octanol–water partition coefficient (Wildman–Crippen LogP) is 4.54. The number of nitrogens with zero attached hydrogens (tertiary/aromatic N) is 1. The van der Waals surface area contributed by atoms with Crippen molar-refractivity contribution in [3.8, 4) is 28.5 Å². The minimum atomic E-state index is -0.198. The Morgan fingerprint density at radius 2 is 1.73 bits per heavy atom. The van der Waals surface area contributed by atoms with Crippen LogP contribution in [0.2, 0.25) is 0 Å². The first kappa shape index (κ1) is 22.4. The van der Waals surface area contributed by atoms with E-state index in [0.29, 0.717) is 39.9 Å². The van der Waals surface area contributed by atoms with Crippen molar-refractivity contribution >= 4 is 33.1 Å². The predicted molar refractivity (Wildman–Crippen MR) is 132 cm³/mol. The summed E-state index contributed by atoms with van der Waals surface area (Å²) >= 11 is 1.29. The van der Waals surface area contributed by atoms with Gasteiger partial charge < -0.3 is 25.3 Å². The van der Waals surface area contributed by atoms with Crippen molar-refractivity contribution in [2.45, 2.75) is 6.42 Å². The average molecular weight is 464 g/mol. The number of methoxy groups -OCH3 is 3. The summed E-state index contributed by atoms with van der Waals surface area (Å²) in [6, 6.07) is 17.2. The van der Waals surface area contributed by atoms with E-state index in [4.69, 9.17) is 24.9 Å². The summed E-state index contributed by atoms with van der Waals surface area (Å²) in [5, 5.41) is 3.72. The number of hydrogen-bond acceptors (Lipinski definition) is 7. The average Bonchev–Trinajstić information content (AvgIpc) is 3.19. The number of nitrogen functional groups attached to an aromatic ring is 1. The number of carbonyl (C=O) groups is 1. The van der Waals surface area contributed by atoms with Gasteiger partial charge in [-0.25, -0.2) is 4.98 Å². The number of nitrogens with one attached hydrogen (secondary N) is 1. The lowest BCUT2D eigenvalue weighted by atomic mass is 10.1. The molecular formula is C25H25N3O4S. The van der Waals surface area contributed by atoms with Gasteiger partial charge in [0.05, 0.1) is 32.7 Å². The Morgan fingerprint density at radius 3 is 2.42 bits per heavy atom. The number of ether oxygens (including phenoxy) is 3. The van der Waals surface area contributed by atoms with E-state index in [-0.39, 0.29) is 5.91 Å². The zero-order valence-corrected chi connectivity index (χ0v) is 19.5. The molecule has 33 heavy (non-hydrogen) atoms. The Labute approximate surface area is 196 Å². The molecule has 2 aromatic carbocycles. The summed E-state index contributed by atoms with van der Waals surface area (Å²) in [6.07, 6.45) is 0.711. The fourth-order valence-corrected chi connectivity index (χ4v) is 4.53. The molecule has 0 bridgehead atoms. The minimum Gasteiger partial charge on any atom is -0.497 e. The van der Waals surface area contributed by atoms with Crippen LogP contribution in [-0.4, -0.2) is 38.8 Å². The van der Waals surface area contributed by atoms with Crippen LogP contribution in [-0.2, 0) is 6.42 Å². The van der Waals surface area contributed by atoms with Crippen LogP contribution >= 0.6 is 11.3 Å². The van der Waals surface area contributed by atoms with Gasteiger partial charge in [0.1, 0.15) is 15.5 Å². The number of amides is 1. The Balaban J connectivity index is 1.50. The molecule has 0 saturated carbocycles. The van der Waals surface area contributed by atoms with Crippen LogP contribution < -0.4 is 25.3 Å². The van der Waals surface area contributed by atoms with E-state index in [9.17, 15) is 4.79 Å². The molecule has 170 valence electrons. The van der Waals surface area contributed by atoms with Gasteiger partial charge in [-0.2, -0.15) is 0 Å². The van der Waals surface area contributed by atoms with Crippen molar-refractivity contribution < 1.29 is 19.0 Å². The molecule has 0 aliphatic carbocycles. The summed E-state index contributed by atoms with van der Waals surface area (Å²) in [5.41, 5.74) is 9.49. The number of pyridine rings is 1. The zero-order valence-electron chi connectivity index (χ0n) is 18.7. The molecule has 2 aromatic heterocycles. The monoisotopic (exact) mass is 463 g/mol. The van der Waals surface area contributed by atoms with Crippen molar-refractivity contribution in [1.82, 2.24) is 10.3 Å².